The first-order chi connectivity index (χ1) is 9.95. The van der Waals surface area contributed by atoms with Gasteiger partial charge in [0.2, 0.25) is 5.91 Å². The third-order valence-electron chi connectivity index (χ3n) is 2.96. The van der Waals surface area contributed by atoms with Crippen LogP contribution in [-0.2, 0) is 11.2 Å². The average Bonchev–Trinajstić information content (AvgIpc) is 2.43. The lowest BCUT2D eigenvalue weighted by atomic mass is 10.1. The van der Waals surface area contributed by atoms with Gasteiger partial charge in [0.25, 0.3) is 0 Å². The highest BCUT2D eigenvalue weighted by atomic mass is 35.5. The number of amides is 1. The van der Waals surface area contributed by atoms with Gasteiger partial charge in [-0.1, -0.05) is 35.4 Å². The molecule has 0 saturated heterocycles. The summed E-state index contributed by atoms with van der Waals surface area (Å²) in [6.45, 7) is 1.80. The Morgan fingerprint density at radius 1 is 1.14 bits per heavy atom. The average molecular weight is 304 g/mol. The summed E-state index contributed by atoms with van der Waals surface area (Å²) in [5, 5.41) is 12.4. The highest BCUT2D eigenvalue weighted by Crippen LogP contribution is 2.18. The predicted octanol–water partition coefficient (Wildman–Crippen LogP) is 3.53. The topological polar surface area (TPSA) is 66.4 Å². The molecule has 4 nitrogen and oxygen atoms in total. The van der Waals surface area contributed by atoms with Gasteiger partial charge >= 0.3 is 5.97 Å². The fourth-order valence-electron chi connectivity index (χ4n) is 1.93. The molecule has 0 bridgehead atoms. The van der Waals surface area contributed by atoms with Crippen LogP contribution in [0.25, 0.3) is 0 Å². The largest absolute Gasteiger partial charge is 0.478 e. The first kappa shape index (κ1) is 15.1. The van der Waals surface area contributed by atoms with Crippen molar-refractivity contribution in [2.75, 3.05) is 5.32 Å². The zero-order valence-corrected chi connectivity index (χ0v) is 12.1. The molecule has 2 rings (SSSR count). The lowest BCUT2D eigenvalue weighted by Crippen LogP contribution is -2.16. The number of hydrogen-bond acceptors (Lipinski definition) is 2. The third kappa shape index (κ3) is 4.07. The molecule has 2 N–H and O–H groups in total. The summed E-state index contributed by atoms with van der Waals surface area (Å²) in [4.78, 5) is 23.2. The van der Waals surface area contributed by atoms with Gasteiger partial charge in [0, 0.05) is 5.02 Å². The minimum absolute atomic E-state index is 0.0828. The van der Waals surface area contributed by atoms with Crippen molar-refractivity contribution in [2.45, 2.75) is 13.3 Å². The summed E-state index contributed by atoms with van der Waals surface area (Å²) in [6.07, 6.45) is 0.157. The van der Waals surface area contributed by atoms with Crippen LogP contribution in [0.2, 0.25) is 5.02 Å². The molecule has 0 aliphatic carbocycles. The molecule has 0 aliphatic heterocycles. The van der Waals surface area contributed by atoms with Gasteiger partial charge in [-0.15, -0.1) is 0 Å². The zero-order valence-electron chi connectivity index (χ0n) is 11.4. The molecule has 0 aliphatic rings. The smallest absolute Gasteiger partial charge is 0.337 e. The molecular formula is C16H14ClNO3. The Balaban J connectivity index is 2.12. The van der Waals surface area contributed by atoms with E-state index in [1.165, 1.54) is 6.07 Å². The Bertz CT molecular complexity index is 680. The van der Waals surface area contributed by atoms with Crippen LogP contribution < -0.4 is 5.32 Å². The molecule has 21 heavy (non-hydrogen) atoms. The van der Waals surface area contributed by atoms with E-state index in [0.717, 1.165) is 11.1 Å². The SMILES string of the molecule is Cc1ccc(NC(=O)Cc2ccc(Cl)cc2)c(C(=O)O)c1. The summed E-state index contributed by atoms with van der Waals surface area (Å²) < 4.78 is 0. The van der Waals surface area contributed by atoms with Gasteiger partial charge in [0.15, 0.2) is 0 Å². The number of carbonyl (C=O) groups is 2. The number of carbonyl (C=O) groups excluding carboxylic acids is 1. The van der Waals surface area contributed by atoms with Crippen molar-refractivity contribution in [2.24, 2.45) is 0 Å². The molecule has 5 heteroatoms. The number of hydrogen-bond donors (Lipinski definition) is 2. The Hall–Kier alpha value is -2.33. The summed E-state index contributed by atoms with van der Waals surface area (Å²) in [5.41, 5.74) is 2.01. The van der Waals surface area contributed by atoms with E-state index in [4.69, 9.17) is 16.7 Å². The van der Waals surface area contributed by atoms with Crippen LogP contribution in [0.3, 0.4) is 0 Å². The van der Waals surface area contributed by atoms with Crippen molar-refractivity contribution in [3.63, 3.8) is 0 Å². The third-order valence-corrected chi connectivity index (χ3v) is 3.21. The van der Waals surface area contributed by atoms with Crippen LogP contribution in [0.15, 0.2) is 42.5 Å². The Morgan fingerprint density at radius 2 is 1.81 bits per heavy atom. The number of rotatable bonds is 4. The van der Waals surface area contributed by atoms with Gasteiger partial charge in [-0.2, -0.15) is 0 Å². The predicted molar refractivity (Wildman–Crippen MR) is 81.9 cm³/mol. The van der Waals surface area contributed by atoms with Gasteiger partial charge in [-0.25, -0.2) is 4.79 Å². The van der Waals surface area contributed by atoms with E-state index >= 15 is 0 Å². The number of benzene rings is 2. The van der Waals surface area contributed by atoms with Crippen LogP contribution in [-0.4, -0.2) is 17.0 Å². The number of aryl methyl sites for hydroxylation is 1. The van der Waals surface area contributed by atoms with Crippen molar-refractivity contribution >= 4 is 29.2 Å². The summed E-state index contributed by atoms with van der Waals surface area (Å²) >= 11 is 5.78. The molecule has 108 valence electrons. The first-order valence-corrected chi connectivity index (χ1v) is 6.72. The molecule has 2 aromatic carbocycles. The Morgan fingerprint density at radius 3 is 2.43 bits per heavy atom. The van der Waals surface area contributed by atoms with E-state index < -0.39 is 5.97 Å². The normalized spacial score (nSPS) is 10.2. The molecule has 0 atom stereocenters. The van der Waals surface area contributed by atoms with Crippen molar-refractivity contribution < 1.29 is 14.7 Å². The maximum Gasteiger partial charge on any atom is 0.337 e. The number of carboxylic acids is 1. The number of halogens is 1. The number of aromatic carboxylic acids is 1. The molecule has 0 saturated carbocycles. The first-order valence-electron chi connectivity index (χ1n) is 6.34. The van der Waals surface area contributed by atoms with Crippen LogP contribution in [0.4, 0.5) is 5.69 Å². The summed E-state index contributed by atoms with van der Waals surface area (Å²) in [6, 6.07) is 11.8. The van der Waals surface area contributed by atoms with Gasteiger partial charge in [-0.3, -0.25) is 4.79 Å². The second-order valence-electron chi connectivity index (χ2n) is 4.71. The van der Waals surface area contributed by atoms with Crippen molar-refractivity contribution in [3.8, 4) is 0 Å². The molecule has 0 aromatic heterocycles. The van der Waals surface area contributed by atoms with Gasteiger partial charge in [0.05, 0.1) is 17.7 Å². The van der Waals surface area contributed by atoms with E-state index in [-0.39, 0.29) is 17.9 Å². The zero-order chi connectivity index (χ0) is 15.4. The molecular weight excluding hydrogens is 290 g/mol. The Kier molecular flexibility index (Phi) is 4.60. The summed E-state index contributed by atoms with van der Waals surface area (Å²) in [5.74, 6) is -1.34. The summed E-state index contributed by atoms with van der Waals surface area (Å²) in [7, 11) is 0. The maximum absolute atomic E-state index is 12.0. The molecule has 0 unspecified atom stereocenters. The van der Waals surface area contributed by atoms with Crippen molar-refractivity contribution in [1.29, 1.82) is 0 Å². The molecule has 0 radical (unpaired) electrons. The number of carboxylic acid groups (broad SMARTS) is 1. The quantitative estimate of drug-likeness (QED) is 0.908. The fraction of sp³-hybridized carbons (Fsp3) is 0.125. The van der Waals surface area contributed by atoms with E-state index in [1.807, 2.05) is 0 Å². The lowest BCUT2D eigenvalue weighted by molar-refractivity contribution is -0.115. The second-order valence-corrected chi connectivity index (χ2v) is 5.14. The maximum atomic E-state index is 12.0. The van der Waals surface area contributed by atoms with Crippen LogP contribution in [0.5, 0.6) is 0 Å². The number of anilines is 1. The van der Waals surface area contributed by atoms with E-state index in [9.17, 15) is 9.59 Å². The van der Waals surface area contributed by atoms with Gasteiger partial charge in [0.1, 0.15) is 0 Å². The standard InChI is InChI=1S/C16H14ClNO3/c1-10-2-7-14(13(8-10)16(20)21)18-15(19)9-11-3-5-12(17)6-4-11/h2-8H,9H2,1H3,(H,18,19)(H,20,21). The van der Waals surface area contributed by atoms with Crippen molar-refractivity contribution in [1.82, 2.24) is 0 Å². The highest BCUT2D eigenvalue weighted by molar-refractivity contribution is 6.30. The van der Waals surface area contributed by atoms with Crippen LogP contribution in [0, 0.1) is 6.92 Å². The number of nitrogens with one attached hydrogen (secondary N) is 1. The highest BCUT2D eigenvalue weighted by Gasteiger charge is 2.13. The van der Waals surface area contributed by atoms with Crippen LogP contribution >= 0.6 is 11.6 Å². The van der Waals surface area contributed by atoms with Crippen LogP contribution in [0.1, 0.15) is 21.5 Å². The molecule has 0 spiro atoms. The van der Waals surface area contributed by atoms with E-state index in [2.05, 4.69) is 5.32 Å². The van der Waals surface area contributed by atoms with Gasteiger partial charge in [-0.05, 0) is 36.8 Å². The minimum atomic E-state index is -1.07. The minimum Gasteiger partial charge on any atom is -0.478 e. The molecule has 0 heterocycles. The monoisotopic (exact) mass is 303 g/mol. The fourth-order valence-corrected chi connectivity index (χ4v) is 2.05. The van der Waals surface area contributed by atoms with Gasteiger partial charge < -0.3 is 10.4 Å². The molecule has 0 fully saturated rings. The molecule has 2 aromatic rings. The second kappa shape index (κ2) is 6.41. The van der Waals surface area contributed by atoms with E-state index in [0.29, 0.717) is 10.7 Å². The van der Waals surface area contributed by atoms with E-state index in [1.54, 1.807) is 43.3 Å². The van der Waals surface area contributed by atoms with Crippen molar-refractivity contribution in [3.05, 3.63) is 64.2 Å². The molecule has 1 amide bonds. The Labute approximate surface area is 127 Å². The lowest BCUT2D eigenvalue weighted by Gasteiger charge is -2.09.